The Hall–Kier alpha value is -3.36. The monoisotopic (exact) mass is 535 g/mol. The SMILES string of the molecule is CC1CC2CCCC(Cc3noc(C(Cc4c[nH]c5ccccc45)NC(=O)CNC(=O)OC(C)(C)C)n3)(C1)C2. The second-order valence-electron chi connectivity index (χ2n) is 12.8. The maximum Gasteiger partial charge on any atom is 0.408 e. The Morgan fingerprint density at radius 2 is 2.08 bits per heavy atom. The summed E-state index contributed by atoms with van der Waals surface area (Å²) in [5.74, 6) is 2.26. The minimum atomic E-state index is -0.646. The van der Waals surface area contributed by atoms with Crippen molar-refractivity contribution in [2.24, 2.45) is 17.3 Å². The second-order valence-corrected chi connectivity index (χ2v) is 12.8. The number of rotatable bonds is 8. The van der Waals surface area contributed by atoms with Crippen LogP contribution in [-0.4, -0.2) is 39.3 Å². The molecule has 0 radical (unpaired) electrons. The summed E-state index contributed by atoms with van der Waals surface area (Å²) in [5, 5.41) is 11.0. The number of carbonyl (C=O) groups is 2. The first kappa shape index (κ1) is 27.2. The van der Waals surface area contributed by atoms with E-state index in [0.29, 0.717) is 18.1 Å². The van der Waals surface area contributed by atoms with Crippen molar-refractivity contribution in [2.75, 3.05) is 6.54 Å². The lowest BCUT2D eigenvalue weighted by molar-refractivity contribution is -0.121. The summed E-state index contributed by atoms with van der Waals surface area (Å²) in [7, 11) is 0. The van der Waals surface area contributed by atoms with Gasteiger partial charge in [0.1, 0.15) is 18.2 Å². The molecule has 2 fully saturated rings. The summed E-state index contributed by atoms with van der Waals surface area (Å²) in [6, 6.07) is 7.50. The molecule has 3 aromatic rings. The van der Waals surface area contributed by atoms with E-state index in [1.165, 1.54) is 38.5 Å². The fourth-order valence-corrected chi connectivity index (χ4v) is 6.84. The van der Waals surface area contributed by atoms with Crippen molar-refractivity contribution >= 4 is 22.9 Å². The number of aromatic amines is 1. The highest BCUT2D eigenvalue weighted by molar-refractivity contribution is 5.84. The van der Waals surface area contributed by atoms with Crippen LogP contribution in [0.5, 0.6) is 0 Å². The fraction of sp³-hybridized carbons (Fsp3) is 0.600. The van der Waals surface area contributed by atoms with E-state index < -0.39 is 17.7 Å². The highest BCUT2D eigenvalue weighted by Gasteiger charge is 2.42. The number of nitrogens with zero attached hydrogens (tertiary/aromatic N) is 2. The van der Waals surface area contributed by atoms with Crippen LogP contribution in [0.25, 0.3) is 10.9 Å². The van der Waals surface area contributed by atoms with E-state index in [2.05, 4.69) is 27.7 Å². The van der Waals surface area contributed by atoms with Gasteiger partial charge in [0.2, 0.25) is 11.8 Å². The Balaban J connectivity index is 1.32. The van der Waals surface area contributed by atoms with Gasteiger partial charge in [0, 0.05) is 29.9 Å². The van der Waals surface area contributed by atoms with Crippen LogP contribution in [-0.2, 0) is 22.4 Å². The molecule has 2 amide bonds. The molecule has 5 rings (SSSR count). The van der Waals surface area contributed by atoms with Crippen molar-refractivity contribution in [1.29, 1.82) is 0 Å². The quantitative estimate of drug-likeness (QED) is 0.344. The maximum atomic E-state index is 12.9. The lowest BCUT2D eigenvalue weighted by Gasteiger charge is -2.47. The van der Waals surface area contributed by atoms with E-state index in [0.717, 1.165) is 34.7 Å². The normalized spacial score (nSPS) is 23.8. The van der Waals surface area contributed by atoms with Crippen molar-refractivity contribution in [2.45, 2.75) is 90.7 Å². The highest BCUT2D eigenvalue weighted by Crippen LogP contribution is 2.52. The molecule has 2 bridgehead atoms. The molecule has 2 aromatic heterocycles. The number of benzene rings is 1. The predicted octanol–water partition coefficient (Wildman–Crippen LogP) is 5.62. The van der Waals surface area contributed by atoms with Gasteiger partial charge in [-0.15, -0.1) is 0 Å². The molecule has 4 atom stereocenters. The molecule has 3 N–H and O–H groups in total. The molecule has 2 saturated carbocycles. The first-order chi connectivity index (χ1) is 18.6. The largest absolute Gasteiger partial charge is 0.444 e. The average Bonchev–Trinajstić information content (AvgIpc) is 3.48. The van der Waals surface area contributed by atoms with E-state index in [4.69, 9.17) is 14.2 Å². The molecule has 0 spiro atoms. The number of amides is 2. The van der Waals surface area contributed by atoms with Crippen LogP contribution in [0.2, 0.25) is 0 Å². The van der Waals surface area contributed by atoms with Crippen molar-refractivity contribution in [3.05, 3.63) is 47.7 Å². The van der Waals surface area contributed by atoms with Crippen LogP contribution in [0, 0.1) is 17.3 Å². The number of alkyl carbamates (subject to hydrolysis) is 1. The third-order valence-electron chi connectivity index (χ3n) is 8.10. The van der Waals surface area contributed by atoms with E-state index in [9.17, 15) is 9.59 Å². The zero-order valence-corrected chi connectivity index (χ0v) is 23.5. The molecule has 210 valence electrons. The Morgan fingerprint density at radius 1 is 1.26 bits per heavy atom. The molecule has 39 heavy (non-hydrogen) atoms. The molecule has 4 unspecified atom stereocenters. The molecular weight excluding hydrogens is 494 g/mol. The third kappa shape index (κ3) is 6.81. The summed E-state index contributed by atoms with van der Waals surface area (Å²) < 4.78 is 11.0. The van der Waals surface area contributed by atoms with Gasteiger partial charge in [-0.25, -0.2) is 4.79 Å². The van der Waals surface area contributed by atoms with Gasteiger partial charge < -0.3 is 24.9 Å². The van der Waals surface area contributed by atoms with E-state index in [1.807, 2.05) is 30.5 Å². The van der Waals surface area contributed by atoms with E-state index in [1.54, 1.807) is 20.8 Å². The maximum absolute atomic E-state index is 12.9. The Bertz CT molecular complexity index is 1300. The van der Waals surface area contributed by atoms with E-state index in [-0.39, 0.29) is 17.9 Å². The summed E-state index contributed by atoms with van der Waals surface area (Å²) in [6.45, 7) is 7.48. The summed E-state index contributed by atoms with van der Waals surface area (Å²) in [5.41, 5.74) is 1.65. The first-order valence-corrected chi connectivity index (χ1v) is 14.2. The zero-order chi connectivity index (χ0) is 27.6. The molecule has 0 aliphatic heterocycles. The number of para-hydroxylation sites is 1. The van der Waals surface area contributed by atoms with E-state index >= 15 is 0 Å². The number of nitrogens with one attached hydrogen (secondary N) is 3. The first-order valence-electron chi connectivity index (χ1n) is 14.2. The minimum Gasteiger partial charge on any atom is -0.444 e. The summed E-state index contributed by atoms with van der Waals surface area (Å²) in [6.07, 6.45) is 10.2. The standard InChI is InChI=1S/C30H41N5O4/c1-19-12-20-8-7-11-30(14-19,15-20)16-25-34-27(39-35-25)24(13-21-17-31-23-10-6-5-9-22(21)23)33-26(36)18-32-28(37)38-29(2,3)4/h5-6,9-10,17,19-20,24,31H,7-8,11-16,18H2,1-4H3,(H,32,37)(H,33,36). The van der Waals surface area contributed by atoms with Gasteiger partial charge in [0.15, 0.2) is 5.82 Å². The zero-order valence-electron chi connectivity index (χ0n) is 23.5. The Labute approximate surface area is 229 Å². The molecule has 9 nitrogen and oxygen atoms in total. The van der Waals surface area contributed by atoms with Crippen LogP contribution >= 0.6 is 0 Å². The second kappa shape index (κ2) is 11.0. The third-order valence-corrected chi connectivity index (χ3v) is 8.10. The Kier molecular flexibility index (Phi) is 7.69. The lowest BCUT2D eigenvalue weighted by atomic mass is 9.58. The van der Waals surface area contributed by atoms with Crippen molar-refractivity contribution in [1.82, 2.24) is 25.8 Å². The number of ether oxygens (including phenoxy) is 1. The van der Waals surface area contributed by atoms with Crippen LogP contribution in [0.15, 0.2) is 35.0 Å². The van der Waals surface area contributed by atoms with Crippen molar-refractivity contribution in [3.63, 3.8) is 0 Å². The molecule has 1 aromatic carbocycles. The van der Waals surface area contributed by atoms with Crippen LogP contribution in [0.1, 0.15) is 89.5 Å². The van der Waals surface area contributed by atoms with Gasteiger partial charge in [0.25, 0.3) is 0 Å². The van der Waals surface area contributed by atoms with Gasteiger partial charge in [-0.2, -0.15) is 4.98 Å². The van der Waals surface area contributed by atoms with Gasteiger partial charge in [-0.1, -0.05) is 43.1 Å². The van der Waals surface area contributed by atoms with Crippen molar-refractivity contribution < 1.29 is 18.8 Å². The summed E-state index contributed by atoms with van der Waals surface area (Å²) in [4.78, 5) is 33.1. The topological polar surface area (TPSA) is 122 Å². The molecule has 2 aliphatic rings. The fourth-order valence-electron chi connectivity index (χ4n) is 6.84. The number of aromatic nitrogens is 3. The molecule has 2 heterocycles. The van der Waals surface area contributed by atoms with Crippen LogP contribution in [0.3, 0.4) is 0 Å². The Morgan fingerprint density at radius 3 is 2.90 bits per heavy atom. The summed E-state index contributed by atoms with van der Waals surface area (Å²) >= 11 is 0. The van der Waals surface area contributed by atoms with Crippen molar-refractivity contribution in [3.8, 4) is 0 Å². The smallest absolute Gasteiger partial charge is 0.408 e. The van der Waals surface area contributed by atoms with Gasteiger partial charge >= 0.3 is 6.09 Å². The molecule has 9 heteroatoms. The number of hydrogen-bond acceptors (Lipinski definition) is 6. The number of hydrogen-bond donors (Lipinski definition) is 3. The van der Waals surface area contributed by atoms with Crippen LogP contribution in [0.4, 0.5) is 4.79 Å². The number of carbonyl (C=O) groups excluding carboxylic acids is 2. The van der Waals surface area contributed by atoms with Gasteiger partial charge in [-0.3, -0.25) is 4.79 Å². The average molecular weight is 536 g/mol. The predicted molar refractivity (Wildman–Crippen MR) is 148 cm³/mol. The lowest BCUT2D eigenvalue weighted by Crippen LogP contribution is -2.41. The number of H-pyrrole nitrogens is 1. The molecule has 0 saturated heterocycles. The van der Waals surface area contributed by atoms with Crippen LogP contribution < -0.4 is 10.6 Å². The molecular formula is C30H41N5O4. The minimum absolute atomic E-state index is 0.220. The number of fused-ring (bicyclic) bond motifs is 3. The highest BCUT2D eigenvalue weighted by atomic mass is 16.6. The molecule has 2 aliphatic carbocycles. The van der Waals surface area contributed by atoms with Gasteiger partial charge in [-0.05, 0) is 75.3 Å². The van der Waals surface area contributed by atoms with Gasteiger partial charge in [0.05, 0.1) is 0 Å².